The van der Waals surface area contributed by atoms with Crippen LogP contribution in [0.2, 0.25) is 0 Å². The molecule has 0 atom stereocenters. The van der Waals surface area contributed by atoms with Gasteiger partial charge in [-0.1, -0.05) is 12.1 Å². The average Bonchev–Trinajstić information content (AvgIpc) is 3.60. The van der Waals surface area contributed by atoms with Crippen molar-refractivity contribution >= 4 is 17.5 Å². The number of anilines is 1. The Labute approximate surface area is 194 Å². The van der Waals surface area contributed by atoms with Gasteiger partial charge in [-0.25, -0.2) is 14.8 Å². The van der Waals surface area contributed by atoms with Crippen LogP contribution >= 0.6 is 0 Å². The summed E-state index contributed by atoms with van der Waals surface area (Å²) in [5.41, 5.74) is 2.79. The standard InChI is InChI=1S/C24H32N6O3/c1-16-20(15-17-5-9-19(10-6-17)30(32)33)22(26-21(25-16)18-7-8-18)28-11-13-29(14-12-28)23(31)27-24(2,3)4/h5-6,9-10,18H,7-8,11-15H2,1-4H3,(H,27,31). The Hall–Kier alpha value is -3.23. The van der Waals surface area contributed by atoms with E-state index in [0.29, 0.717) is 38.5 Å². The van der Waals surface area contributed by atoms with Gasteiger partial charge in [-0.3, -0.25) is 10.1 Å². The maximum atomic E-state index is 12.6. The van der Waals surface area contributed by atoms with E-state index in [1.54, 1.807) is 12.1 Å². The van der Waals surface area contributed by atoms with Crippen molar-refractivity contribution in [1.82, 2.24) is 20.2 Å². The number of rotatable bonds is 5. The van der Waals surface area contributed by atoms with Crippen LogP contribution in [0.15, 0.2) is 24.3 Å². The quantitative estimate of drug-likeness (QED) is 0.547. The molecule has 0 unspecified atom stereocenters. The number of amides is 2. The number of nitrogens with one attached hydrogen (secondary N) is 1. The number of carbonyl (C=O) groups is 1. The fourth-order valence-corrected chi connectivity index (χ4v) is 4.06. The minimum atomic E-state index is -0.386. The SMILES string of the molecule is Cc1nc(C2CC2)nc(N2CCN(C(=O)NC(C)(C)C)CC2)c1Cc1ccc([N+](=O)[O-])cc1. The molecule has 0 bridgehead atoms. The lowest BCUT2D eigenvalue weighted by Crippen LogP contribution is -2.55. The van der Waals surface area contributed by atoms with Crippen LogP contribution in [0.3, 0.4) is 0 Å². The van der Waals surface area contributed by atoms with E-state index in [1.807, 2.05) is 32.6 Å². The summed E-state index contributed by atoms with van der Waals surface area (Å²) in [5, 5.41) is 14.0. The third-order valence-corrected chi connectivity index (χ3v) is 6.03. The number of aryl methyl sites for hydroxylation is 1. The van der Waals surface area contributed by atoms with Crippen molar-refractivity contribution in [3.05, 3.63) is 57.0 Å². The lowest BCUT2D eigenvalue weighted by Gasteiger charge is -2.37. The number of carbonyl (C=O) groups excluding carboxylic acids is 1. The number of nitrogens with zero attached hydrogens (tertiary/aromatic N) is 5. The van der Waals surface area contributed by atoms with Crippen LogP contribution < -0.4 is 10.2 Å². The summed E-state index contributed by atoms with van der Waals surface area (Å²) in [6.45, 7) is 10.6. The Morgan fingerprint density at radius 1 is 1.12 bits per heavy atom. The number of non-ortho nitro benzene ring substituents is 1. The molecule has 2 aromatic rings. The molecule has 9 heteroatoms. The minimum absolute atomic E-state index is 0.0363. The van der Waals surface area contributed by atoms with Crippen molar-refractivity contribution in [3.63, 3.8) is 0 Å². The summed E-state index contributed by atoms with van der Waals surface area (Å²) in [7, 11) is 0. The fraction of sp³-hybridized carbons (Fsp3) is 0.542. The van der Waals surface area contributed by atoms with Crippen LogP contribution in [0.1, 0.15) is 62.2 Å². The maximum Gasteiger partial charge on any atom is 0.317 e. The van der Waals surface area contributed by atoms with Crippen molar-refractivity contribution in [3.8, 4) is 0 Å². The zero-order valence-electron chi connectivity index (χ0n) is 19.8. The topological polar surface area (TPSA) is 104 Å². The van der Waals surface area contributed by atoms with Gasteiger partial charge in [0.25, 0.3) is 5.69 Å². The number of hydrogen-bond donors (Lipinski definition) is 1. The second kappa shape index (κ2) is 8.96. The molecular weight excluding hydrogens is 420 g/mol. The summed E-state index contributed by atoms with van der Waals surface area (Å²) in [6.07, 6.45) is 2.86. The Bertz CT molecular complexity index is 1040. The van der Waals surface area contributed by atoms with E-state index in [2.05, 4.69) is 10.2 Å². The molecule has 2 heterocycles. The van der Waals surface area contributed by atoms with E-state index >= 15 is 0 Å². The van der Waals surface area contributed by atoms with Crippen molar-refractivity contribution in [1.29, 1.82) is 0 Å². The third-order valence-electron chi connectivity index (χ3n) is 6.03. The Balaban J connectivity index is 1.55. The van der Waals surface area contributed by atoms with Crippen LogP contribution in [-0.4, -0.2) is 57.5 Å². The molecular formula is C24H32N6O3. The van der Waals surface area contributed by atoms with Gasteiger partial charge in [-0.05, 0) is 46.1 Å². The van der Waals surface area contributed by atoms with Crippen LogP contribution in [0.25, 0.3) is 0 Å². The largest absolute Gasteiger partial charge is 0.353 e. The molecule has 4 rings (SSSR count). The van der Waals surface area contributed by atoms with Gasteiger partial charge in [0.2, 0.25) is 0 Å². The smallest absolute Gasteiger partial charge is 0.317 e. The van der Waals surface area contributed by atoms with Crippen LogP contribution in [-0.2, 0) is 6.42 Å². The van der Waals surface area contributed by atoms with Crippen molar-refractivity contribution in [2.24, 2.45) is 0 Å². The summed E-state index contributed by atoms with van der Waals surface area (Å²) < 4.78 is 0. The lowest BCUT2D eigenvalue weighted by atomic mass is 10.0. The Kier molecular flexibility index (Phi) is 6.23. The minimum Gasteiger partial charge on any atom is -0.353 e. The number of urea groups is 1. The Morgan fingerprint density at radius 3 is 2.30 bits per heavy atom. The van der Waals surface area contributed by atoms with Gasteiger partial charge in [0, 0.05) is 67.4 Å². The summed E-state index contributed by atoms with van der Waals surface area (Å²) in [4.78, 5) is 37.1. The summed E-state index contributed by atoms with van der Waals surface area (Å²) in [6, 6.07) is 6.63. The zero-order chi connectivity index (χ0) is 23.8. The first-order valence-electron chi connectivity index (χ1n) is 11.5. The molecule has 1 saturated heterocycles. The number of hydrogen-bond acceptors (Lipinski definition) is 6. The van der Waals surface area contributed by atoms with Gasteiger partial charge in [0.15, 0.2) is 0 Å². The first kappa shape index (κ1) is 22.9. The van der Waals surface area contributed by atoms with Crippen molar-refractivity contribution < 1.29 is 9.72 Å². The number of aromatic nitrogens is 2. The zero-order valence-corrected chi connectivity index (χ0v) is 19.8. The molecule has 1 aromatic carbocycles. The van der Waals surface area contributed by atoms with Crippen molar-refractivity contribution in [2.45, 2.75) is 58.4 Å². The predicted octanol–water partition coefficient (Wildman–Crippen LogP) is 3.79. The van der Waals surface area contributed by atoms with Crippen LogP contribution in [0.4, 0.5) is 16.3 Å². The second-order valence-corrected chi connectivity index (χ2v) is 10.00. The highest BCUT2D eigenvalue weighted by Crippen LogP contribution is 2.39. The van der Waals surface area contributed by atoms with E-state index in [-0.39, 0.29) is 22.2 Å². The van der Waals surface area contributed by atoms with E-state index < -0.39 is 0 Å². The number of piperazine rings is 1. The van der Waals surface area contributed by atoms with Gasteiger partial charge in [0.1, 0.15) is 11.6 Å². The summed E-state index contributed by atoms with van der Waals surface area (Å²) in [5.74, 6) is 2.27. The fourth-order valence-electron chi connectivity index (χ4n) is 4.06. The number of nitro groups is 1. The molecule has 0 radical (unpaired) electrons. The third kappa shape index (κ3) is 5.58. The molecule has 9 nitrogen and oxygen atoms in total. The van der Waals surface area contributed by atoms with E-state index in [1.165, 1.54) is 12.1 Å². The number of benzene rings is 1. The molecule has 2 fully saturated rings. The highest BCUT2D eigenvalue weighted by Gasteiger charge is 2.31. The first-order valence-corrected chi connectivity index (χ1v) is 11.5. The average molecular weight is 453 g/mol. The highest BCUT2D eigenvalue weighted by molar-refractivity contribution is 5.75. The van der Waals surface area contributed by atoms with Crippen LogP contribution in [0.5, 0.6) is 0 Å². The molecule has 2 aliphatic rings. The first-order chi connectivity index (χ1) is 15.6. The normalized spacial score (nSPS) is 16.6. The molecule has 1 aliphatic heterocycles. The molecule has 176 valence electrons. The number of nitro benzene ring substituents is 1. The van der Waals surface area contributed by atoms with Gasteiger partial charge >= 0.3 is 6.03 Å². The molecule has 1 saturated carbocycles. The Morgan fingerprint density at radius 2 is 1.76 bits per heavy atom. The van der Waals surface area contributed by atoms with Crippen molar-refractivity contribution in [2.75, 3.05) is 31.1 Å². The predicted molar refractivity (Wildman–Crippen MR) is 127 cm³/mol. The monoisotopic (exact) mass is 452 g/mol. The van der Waals surface area contributed by atoms with E-state index in [9.17, 15) is 14.9 Å². The maximum absolute atomic E-state index is 12.6. The van der Waals surface area contributed by atoms with Crippen LogP contribution in [0, 0.1) is 17.0 Å². The second-order valence-electron chi connectivity index (χ2n) is 10.00. The van der Waals surface area contributed by atoms with E-state index in [0.717, 1.165) is 41.3 Å². The van der Waals surface area contributed by atoms with E-state index in [4.69, 9.17) is 9.97 Å². The molecule has 0 spiro atoms. The molecule has 1 N–H and O–H groups in total. The van der Waals surface area contributed by atoms with Gasteiger partial charge in [-0.15, -0.1) is 0 Å². The van der Waals surface area contributed by atoms with Gasteiger partial charge in [0.05, 0.1) is 4.92 Å². The summed E-state index contributed by atoms with van der Waals surface area (Å²) >= 11 is 0. The van der Waals surface area contributed by atoms with Gasteiger partial charge in [-0.2, -0.15) is 0 Å². The highest BCUT2D eigenvalue weighted by atomic mass is 16.6. The molecule has 2 amide bonds. The van der Waals surface area contributed by atoms with Gasteiger partial charge < -0.3 is 15.1 Å². The lowest BCUT2D eigenvalue weighted by molar-refractivity contribution is -0.384. The molecule has 33 heavy (non-hydrogen) atoms. The molecule has 1 aromatic heterocycles. The molecule has 1 aliphatic carbocycles.